The lowest BCUT2D eigenvalue weighted by Crippen LogP contribution is -2.48. The van der Waals surface area contributed by atoms with Crippen molar-refractivity contribution in [2.24, 2.45) is 0 Å². The number of hydrogen-bond donors (Lipinski definition) is 2. The number of urea groups is 1. The van der Waals surface area contributed by atoms with E-state index in [9.17, 15) is 9.59 Å². The molecule has 1 aromatic heterocycles. The zero-order valence-corrected chi connectivity index (χ0v) is 15.8. The molecule has 0 radical (unpaired) electrons. The van der Waals surface area contributed by atoms with Gasteiger partial charge < -0.3 is 9.73 Å². The lowest BCUT2D eigenvalue weighted by molar-refractivity contribution is -0.117. The molecule has 7 nitrogen and oxygen atoms in total. The van der Waals surface area contributed by atoms with Crippen LogP contribution in [-0.4, -0.2) is 33.4 Å². The molecule has 0 aliphatic rings. The Morgan fingerprint density at radius 2 is 1.96 bits per heavy atom. The highest BCUT2D eigenvalue weighted by Gasteiger charge is 2.17. The largest absolute Gasteiger partial charge is 0.411 e. The van der Waals surface area contributed by atoms with Gasteiger partial charge in [0.1, 0.15) is 0 Å². The molecule has 2 rings (SSSR count). The van der Waals surface area contributed by atoms with Crippen LogP contribution in [0.5, 0.6) is 0 Å². The number of benzene rings is 1. The third-order valence-electron chi connectivity index (χ3n) is 2.58. The van der Waals surface area contributed by atoms with Crippen LogP contribution in [0.15, 0.2) is 38.4 Å². The number of imide groups is 1. The minimum Gasteiger partial charge on any atom is -0.411 e. The van der Waals surface area contributed by atoms with Gasteiger partial charge in [-0.25, -0.2) is 4.79 Å². The van der Waals surface area contributed by atoms with Crippen LogP contribution >= 0.6 is 27.7 Å². The van der Waals surface area contributed by atoms with Crippen molar-refractivity contribution in [2.45, 2.75) is 31.5 Å². The van der Waals surface area contributed by atoms with Gasteiger partial charge in [-0.1, -0.05) is 23.9 Å². The standard InChI is InChI=1S/C15H17BrN4O3S/c1-15(2,3)18-13(22)17-11(21)8-24-14-20-19-12(23-14)9-6-4-5-7-10(9)16/h4-7H,8H2,1-3H3,(H2,17,18,21,22). The Balaban J connectivity index is 1.88. The second kappa shape index (κ2) is 7.80. The van der Waals surface area contributed by atoms with E-state index < -0.39 is 17.5 Å². The van der Waals surface area contributed by atoms with Crippen molar-refractivity contribution >= 4 is 39.6 Å². The van der Waals surface area contributed by atoms with Gasteiger partial charge >= 0.3 is 6.03 Å². The summed E-state index contributed by atoms with van der Waals surface area (Å²) >= 11 is 4.47. The van der Waals surface area contributed by atoms with E-state index >= 15 is 0 Å². The molecular formula is C15H17BrN4O3S. The van der Waals surface area contributed by atoms with Crippen LogP contribution in [0.2, 0.25) is 0 Å². The first-order valence-corrected chi connectivity index (χ1v) is 8.85. The quantitative estimate of drug-likeness (QED) is 0.748. The number of aromatic nitrogens is 2. The fourth-order valence-corrected chi connectivity index (χ4v) is 2.69. The van der Waals surface area contributed by atoms with Crippen LogP contribution in [0.25, 0.3) is 11.5 Å². The molecule has 2 N–H and O–H groups in total. The summed E-state index contributed by atoms with van der Waals surface area (Å²) in [7, 11) is 0. The maximum absolute atomic E-state index is 11.8. The number of amides is 3. The van der Waals surface area contributed by atoms with E-state index in [0.717, 1.165) is 21.8 Å². The summed E-state index contributed by atoms with van der Waals surface area (Å²) in [6.45, 7) is 5.48. The second-order valence-corrected chi connectivity index (χ2v) is 7.67. The molecule has 0 aliphatic carbocycles. The van der Waals surface area contributed by atoms with Gasteiger partial charge in [-0.15, -0.1) is 10.2 Å². The van der Waals surface area contributed by atoms with E-state index in [1.54, 1.807) is 0 Å². The zero-order chi connectivity index (χ0) is 17.7. The van der Waals surface area contributed by atoms with Crippen LogP contribution in [-0.2, 0) is 4.79 Å². The molecule has 1 aromatic carbocycles. The van der Waals surface area contributed by atoms with Gasteiger partial charge in [-0.05, 0) is 48.8 Å². The van der Waals surface area contributed by atoms with Crippen LogP contribution in [0.1, 0.15) is 20.8 Å². The fraction of sp³-hybridized carbons (Fsp3) is 0.333. The molecule has 128 valence electrons. The Morgan fingerprint density at radius 3 is 2.62 bits per heavy atom. The summed E-state index contributed by atoms with van der Waals surface area (Å²) in [6, 6.07) is 6.92. The minimum absolute atomic E-state index is 0.00481. The van der Waals surface area contributed by atoms with E-state index in [1.165, 1.54) is 0 Å². The number of hydrogen-bond acceptors (Lipinski definition) is 6. The van der Waals surface area contributed by atoms with Gasteiger partial charge in [0.25, 0.3) is 5.22 Å². The summed E-state index contributed by atoms with van der Waals surface area (Å²) in [4.78, 5) is 23.4. The molecule has 0 saturated heterocycles. The Kier molecular flexibility index (Phi) is 6.00. The van der Waals surface area contributed by atoms with Crippen LogP contribution in [0, 0.1) is 0 Å². The predicted molar refractivity (Wildman–Crippen MR) is 94.6 cm³/mol. The summed E-state index contributed by atoms with van der Waals surface area (Å²) in [6.07, 6.45) is 0. The molecule has 0 unspecified atom stereocenters. The lowest BCUT2D eigenvalue weighted by Gasteiger charge is -2.20. The van der Waals surface area contributed by atoms with Crippen molar-refractivity contribution in [3.05, 3.63) is 28.7 Å². The number of thioether (sulfide) groups is 1. The molecule has 2 aromatic rings. The van der Waals surface area contributed by atoms with Crippen molar-refractivity contribution in [2.75, 3.05) is 5.75 Å². The maximum Gasteiger partial charge on any atom is 0.321 e. The van der Waals surface area contributed by atoms with E-state index in [0.29, 0.717) is 5.89 Å². The molecular weight excluding hydrogens is 396 g/mol. The summed E-state index contributed by atoms with van der Waals surface area (Å²) in [5, 5.41) is 13.0. The highest BCUT2D eigenvalue weighted by atomic mass is 79.9. The first-order chi connectivity index (χ1) is 11.2. The average molecular weight is 413 g/mol. The van der Waals surface area contributed by atoms with Crippen molar-refractivity contribution in [3.8, 4) is 11.5 Å². The van der Waals surface area contributed by atoms with Gasteiger partial charge in [0, 0.05) is 10.0 Å². The number of carbonyl (C=O) groups is 2. The number of carbonyl (C=O) groups excluding carboxylic acids is 2. The Morgan fingerprint density at radius 1 is 1.25 bits per heavy atom. The fourth-order valence-electron chi connectivity index (χ4n) is 1.67. The number of rotatable bonds is 4. The molecule has 9 heteroatoms. The summed E-state index contributed by atoms with van der Waals surface area (Å²) < 4.78 is 6.35. The van der Waals surface area contributed by atoms with Gasteiger partial charge in [-0.3, -0.25) is 10.1 Å². The topological polar surface area (TPSA) is 97.1 Å². The summed E-state index contributed by atoms with van der Waals surface area (Å²) in [5.74, 6) is -0.0898. The third-order valence-corrected chi connectivity index (χ3v) is 4.09. The van der Waals surface area contributed by atoms with E-state index in [1.807, 2.05) is 45.0 Å². The zero-order valence-electron chi connectivity index (χ0n) is 13.4. The average Bonchev–Trinajstić information content (AvgIpc) is 2.92. The SMILES string of the molecule is CC(C)(C)NC(=O)NC(=O)CSc1nnc(-c2ccccc2Br)o1. The second-order valence-electron chi connectivity index (χ2n) is 5.89. The molecule has 0 spiro atoms. The highest BCUT2D eigenvalue weighted by molar-refractivity contribution is 9.10. The molecule has 0 atom stereocenters. The van der Waals surface area contributed by atoms with Gasteiger partial charge in [0.05, 0.1) is 11.3 Å². The van der Waals surface area contributed by atoms with Crippen molar-refractivity contribution in [1.29, 1.82) is 0 Å². The monoisotopic (exact) mass is 412 g/mol. The number of halogens is 1. The Hall–Kier alpha value is -1.87. The highest BCUT2D eigenvalue weighted by Crippen LogP contribution is 2.28. The van der Waals surface area contributed by atoms with Gasteiger partial charge in [-0.2, -0.15) is 0 Å². The smallest absolute Gasteiger partial charge is 0.321 e. The predicted octanol–water partition coefficient (Wildman–Crippen LogP) is 3.22. The molecule has 0 bridgehead atoms. The molecule has 0 saturated carbocycles. The molecule has 0 fully saturated rings. The third kappa shape index (κ3) is 5.64. The minimum atomic E-state index is -0.535. The van der Waals surface area contributed by atoms with Crippen molar-refractivity contribution < 1.29 is 14.0 Å². The summed E-state index contributed by atoms with van der Waals surface area (Å²) in [5.41, 5.74) is 0.355. The molecule has 0 aliphatic heterocycles. The molecule has 3 amide bonds. The van der Waals surface area contributed by atoms with Crippen LogP contribution in [0.4, 0.5) is 4.79 Å². The van der Waals surface area contributed by atoms with Gasteiger partial charge in [0.15, 0.2) is 0 Å². The van der Waals surface area contributed by atoms with E-state index in [4.69, 9.17) is 4.42 Å². The first-order valence-electron chi connectivity index (χ1n) is 7.08. The molecule has 24 heavy (non-hydrogen) atoms. The van der Waals surface area contributed by atoms with Crippen LogP contribution < -0.4 is 10.6 Å². The van der Waals surface area contributed by atoms with Crippen molar-refractivity contribution in [3.63, 3.8) is 0 Å². The van der Waals surface area contributed by atoms with Crippen LogP contribution in [0.3, 0.4) is 0 Å². The lowest BCUT2D eigenvalue weighted by atomic mass is 10.1. The Labute approximate surface area is 152 Å². The normalized spacial score (nSPS) is 11.2. The van der Waals surface area contributed by atoms with Crippen molar-refractivity contribution in [1.82, 2.24) is 20.8 Å². The Bertz CT molecular complexity index is 742. The van der Waals surface area contributed by atoms with E-state index in [-0.39, 0.29) is 11.0 Å². The first kappa shape index (κ1) is 18.5. The number of nitrogens with one attached hydrogen (secondary N) is 2. The maximum atomic E-state index is 11.8. The molecule has 1 heterocycles. The van der Waals surface area contributed by atoms with E-state index in [2.05, 4.69) is 36.8 Å². The van der Waals surface area contributed by atoms with Gasteiger partial charge in [0.2, 0.25) is 11.8 Å². The number of nitrogens with zero attached hydrogens (tertiary/aromatic N) is 2.